The Labute approximate surface area is 120 Å². The van der Waals surface area contributed by atoms with Crippen molar-refractivity contribution in [3.05, 3.63) is 0 Å². The van der Waals surface area contributed by atoms with Crippen molar-refractivity contribution in [1.29, 1.82) is 0 Å². The SMILES string of the molecule is CCCCOC(=O)CC(=O)O.[RbH]. The van der Waals surface area contributed by atoms with Crippen LogP contribution in [0.5, 0.6) is 0 Å². The van der Waals surface area contributed by atoms with Crippen molar-refractivity contribution >= 4 is 70.1 Å². The average Bonchev–Trinajstić information content (AvgIpc) is 1.86. The van der Waals surface area contributed by atoms with Crippen molar-refractivity contribution in [3.63, 3.8) is 0 Å². The molecule has 0 heterocycles. The normalized spacial score (nSPS) is 8.42. The molecular formula is C7H13O4Rb. The molecule has 0 amide bonds. The van der Waals surface area contributed by atoms with Crippen LogP contribution >= 0.6 is 0 Å². The minimum atomic E-state index is -1.15. The van der Waals surface area contributed by atoms with Crippen LogP contribution in [0.3, 0.4) is 0 Å². The molecule has 0 bridgehead atoms. The standard InChI is InChI=1S/C7H12O4.Rb.H/c1-2-3-4-11-7(10)5-6(8)9;;/h2-5H2,1H3,(H,8,9);;. The van der Waals surface area contributed by atoms with Gasteiger partial charge in [0.15, 0.2) is 0 Å². The number of carboxylic acid groups (broad SMARTS) is 1. The second-order valence-corrected chi connectivity index (χ2v) is 2.14. The number of rotatable bonds is 5. The van der Waals surface area contributed by atoms with E-state index in [1.54, 1.807) is 0 Å². The second-order valence-electron chi connectivity index (χ2n) is 2.14. The summed E-state index contributed by atoms with van der Waals surface area (Å²) in [5.74, 6) is -1.81. The zero-order valence-electron chi connectivity index (χ0n) is 6.50. The molecule has 0 saturated heterocycles. The fourth-order valence-corrected chi connectivity index (χ4v) is 0.505. The molecule has 0 fully saturated rings. The van der Waals surface area contributed by atoms with Gasteiger partial charge in [0, 0.05) is 0 Å². The van der Waals surface area contributed by atoms with Gasteiger partial charge in [0.1, 0.15) is 6.42 Å². The quantitative estimate of drug-likeness (QED) is 0.426. The molecule has 5 heteroatoms. The number of hydrogen-bond acceptors (Lipinski definition) is 3. The second kappa shape index (κ2) is 9.83. The van der Waals surface area contributed by atoms with Crippen LogP contribution in [-0.4, -0.2) is 81.8 Å². The molecule has 0 rings (SSSR count). The molecule has 0 aliphatic carbocycles. The van der Waals surface area contributed by atoms with E-state index in [4.69, 9.17) is 5.11 Å². The molecule has 0 aliphatic heterocycles. The number of unbranched alkanes of at least 4 members (excludes halogenated alkanes) is 1. The summed E-state index contributed by atoms with van der Waals surface area (Å²) in [5.41, 5.74) is 0. The Hall–Kier alpha value is 0.745. The average molecular weight is 247 g/mol. The summed E-state index contributed by atoms with van der Waals surface area (Å²) in [7, 11) is 0. The Balaban J connectivity index is 0. The van der Waals surface area contributed by atoms with E-state index in [9.17, 15) is 9.59 Å². The summed E-state index contributed by atoms with van der Waals surface area (Å²) < 4.78 is 4.57. The Kier molecular flexibility index (Phi) is 12.5. The topological polar surface area (TPSA) is 63.6 Å². The summed E-state index contributed by atoms with van der Waals surface area (Å²) in [4.78, 5) is 20.5. The predicted octanol–water partition coefficient (Wildman–Crippen LogP) is 0.156. The van der Waals surface area contributed by atoms with Crippen molar-refractivity contribution in [2.45, 2.75) is 26.2 Å². The Bertz CT molecular complexity index is 146. The molecule has 0 radical (unpaired) electrons. The number of carboxylic acids is 1. The molecule has 0 aromatic carbocycles. The van der Waals surface area contributed by atoms with E-state index < -0.39 is 18.4 Å². The molecule has 0 aliphatic rings. The van der Waals surface area contributed by atoms with E-state index in [2.05, 4.69) is 4.74 Å². The van der Waals surface area contributed by atoms with Crippen LogP contribution < -0.4 is 0 Å². The maximum atomic E-state index is 10.5. The number of carbonyl (C=O) groups is 2. The zero-order valence-corrected chi connectivity index (χ0v) is 6.50. The van der Waals surface area contributed by atoms with Crippen LogP contribution in [0.2, 0.25) is 0 Å². The van der Waals surface area contributed by atoms with E-state index in [0.717, 1.165) is 12.8 Å². The Morgan fingerprint density at radius 1 is 1.42 bits per heavy atom. The van der Waals surface area contributed by atoms with Crippen molar-refractivity contribution in [3.8, 4) is 0 Å². The molecular weight excluding hydrogens is 234 g/mol. The first-order valence-corrected chi connectivity index (χ1v) is 3.54. The molecule has 12 heavy (non-hydrogen) atoms. The van der Waals surface area contributed by atoms with Gasteiger partial charge >= 0.3 is 70.1 Å². The summed E-state index contributed by atoms with van der Waals surface area (Å²) in [5, 5.41) is 8.14. The van der Waals surface area contributed by atoms with E-state index >= 15 is 0 Å². The molecule has 4 nitrogen and oxygen atoms in total. The summed E-state index contributed by atoms with van der Waals surface area (Å²) >= 11 is 0. The third-order valence-electron chi connectivity index (χ3n) is 1.06. The van der Waals surface area contributed by atoms with Gasteiger partial charge in [-0.05, 0) is 6.42 Å². The van der Waals surface area contributed by atoms with Gasteiger partial charge in [-0.3, -0.25) is 9.59 Å². The number of ether oxygens (including phenoxy) is 1. The van der Waals surface area contributed by atoms with Crippen LogP contribution in [0.1, 0.15) is 26.2 Å². The van der Waals surface area contributed by atoms with Crippen molar-refractivity contribution < 1.29 is 19.4 Å². The fourth-order valence-electron chi connectivity index (χ4n) is 0.505. The zero-order chi connectivity index (χ0) is 8.69. The van der Waals surface area contributed by atoms with Crippen LogP contribution in [0, 0.1) is 0 Å². The van der Waals surface area contributed by atoms with Gasteiger partial charge in [0.2, 0.25) is 0 Å². The summed E-state index contributed by atoms with van der Waals surface area (Å²) in [6.07, 6.45) is 1.18. The fraction of sp³-hybridized carbons (Fsp3) is 0.714. The van der Waals surface area contributed by atoms with E-state index in [1.807, 2.05) is 6.92 Å². The predicted molar refractivity (Wildman–Crippen MR) is 45.3 cm³/mol. The third kappa shape index (κ3) is 10.7. The summed E-state index contributed by atoms with van der Waals surface area (Å²) in [6, 6.07) is 0. The van der Waals surface area contributed by atoms with Gasteiger partial charge in [-0.1, -0.05) is 13.3 Å². The summed E-state index contributed by atoms with van der Waals surface area (Å²) in [6.45, 7) is 2.29. The van der Waals surface area contributed by atoms with Crippen LogP contribution in [0.15, 0.2) is 0 Å². The molecule has 0 unspecified atom stereocenters. The van der Waals surface area contributed by atoms with Gasteiger partial charge < -0.3 is 9.84 Å². The monoisotopic (exact) mass is 246 g/mol. The van der Waals surface area contributed by atoms with E-state index in [-0.39, 0.29) is 58.2 Å². The molecule has 1 N–H and O–H groups in total. The van der Waals surface area contributed by atoms with Gasteiger partial charge in [0.05, 0.1) is 6.61 Å². The molecule has 0 saturated carbocycles. The molecule has 0 aromatic rings. The van der Waals surface area contributed by atoms with Gasteiger partial charge in [-0.15, -0.1) is 0 Å². The van der Waals surface area contributed by atoms with Crippen LogP contribution in [-0.2, 0) is 14.3 Å². The van der Waals surface area contributed by atoms with Crippen molar-refractivity contribution in [2.75, 3.05) is 6.61 Å². The van der Waals surface area contributed by atoms with Crippen molar-refractivity contribution in [2.24, 2.45) is 0 Å². The van der Waals surface area contributed by atoms with Gasteiger partial charge in [0.25, 0.3) is 0 Å². The Morgan fingerprint density at radius 2 is 2.00 bits per heavy atom. The van der Waals surface area contributed by atoms with E-state index in [0.29, 0.717) is 6.61 Å². The molecule has 66 valence electrons. The number of hydrogen-bond donors (Lipinski definition) is 1. The number of aliphatic carboxylic acids is 1. The minimum absolute atomic E-state index is 0. The first-order valence-electron chi connectivity index (χ1n) is 3.54. The van der Waals surface area contributed by atoms with E-state index in [1.165, 1.54) is 0 Å². The Morgan fingerprint density at radius 3 is 2.42 bits per heavy atom. The van der Waals surface area contributed by atoms with Crippen molar-refractivity contribution in [1.82, 2.24) is 0 Å². The van der Waals surface area contributed by atoms with Crippen LogP contribution in [0.25, 0.3) is 0 Å². The molecule has 0 atom stereocenters. The number of carbonyl (C=O) groups excluding carboxylic acids is 1. The first kappa shape index (κ1) is 15.2. The third-order valence-corrected chi connectivity index (χ3v) is 1.06. The maximum absolute atomic E-state index is 10.5. The number of esters is 1. The molecule has 0 aromatic heterocycles. The molecule has 0 spiro atoms. The first-order chi connectivity index (χ1) is 5.16. The van der Waals surface area contributed by atoms with Gasteiger partial charge in [-0.25, -0.2) is 0 Å². The van der Waals surface area contributed by atoms with Crippen LogP contribution in [0.4, 0.5) is 0 Å². The van der Waals surface area contributed by atoms with Gasteiger partial charge in [-0.2, -0.15) is 0 Å².